The summed E-state index contributed by atoms with van der Waals surface area (Å²) < 4.78 is 5.36. The Kier molecular flexibility index (Phi) is 4.28. The van der Waals surface area contributed by atoms with Crippen LogP contribution in [-0.2, 0) is 16.0 Å². The van der Waals surface area contributed by atoms with Crippen molar-refractivity contribution in [3.05, 3.63) is 46.7 Å². The number of carbonyl (C=O) groups excluding carboxylic acids is 1. The molecule has 1 atom stereocenters. The third-order valence-electron chi connectivity index (χ3n) is 4.75. The molecule has 5 heteroatoms. The fourth-order valence-electron chi connectivity index (χ4n) is 3.46. The first kappa shape index (κ1) is 15.5. The van der Waals surface area contributed by atoms with Crippen molar-refractivity contribution in [2.75, 3.05) is 13.7 Å². The Morgan fingerprint density at radius 2 is 2.22 bits per heavy atom. The molecule has 2 aliphatic rings. The summed E-state index contributed by atoms with van der Waals surface area (Å²) in [5.41, 5.74) is 3.32. The van der Waals surface area contributed by atoms with Crippen LogP contribution in [-0.4, -0.2) is 41.2 Å². The molecular weight excluding hydrogens is 294 g/mol. The molecule has 0 fully saturated rings. The molecule has 1 aliphatic carbocycles. The molecule has 1 aromatic carbocycles. The van der Waals surface area contributed by atoms with Gasteiger partial charge in [0.25, 0.3) is 0 Å². The standard InChI is InChI=1S/C18H21NO4/c1-23-15-4-5-16-12(8-15)6-7-19(11-20)17(16)9-13-2-3-14(21)10-18(13)22/h2-4,10-11,17,21-22H,5-9H2,1H3. The summed E-state index contributed by atoms with van der Waals surface area (Å²) in [5.74, 6) is 1.08. The highest BCUT2D eigenvalue weighted by molar-refractivity contribution is 5.52. The topological polar surface area (TPSA) is 70.0 Å². The Balaban J connectivity index is 1.89. The third-order valence-corrected chi connectivity index (χ3v) is 4.75. The Labute approximate surface area is 135 Å². The van der Waals surface area contributed by atoms with Crippen LogP contribution in [0.15, 0.2) is 41.2 Å². The normalized spacial score (nSPS) is 20.8. The van der Waals surface area contributed by atoms with Gasteiger partial charge in [0.1, 0.15) is 11.5 Å². The number of phenols is 2. The Bertz CT molecular complexity index is 678. The highest BCUT2D eigenvalue weighted by Gasteiger charge is 2.31. The molecular formula is C18H21NO4. The number of aromatic hydroxyl groups is 2. The van der Waals surface area contributed by atoms with E-state index >= 15 is 0 Å². The lowest BCUT2D eigenvalue weighted by molar-refractivity contribution is -0.119. The van der Waals surface area contributed by atoms with E-state index in [0.717, 1.165) is 37.0 Å². The molecule has 0 aromatic heterocycles. The summed E-state index contributed by atoms with van der Waals surface area (Å²) in [5, 5.41) is 19.5. The number of methoxy groups -OCH3 is 1. The van der Waals surface area contributed by atoms with Crippen LogP contribution in [0.4, 0.5) is 0 Å². The second-order valence-electron chi connectivity index (χ2n) is 6.01. The second-order valence-corrected chi connectivity index (χ2v) is 6.01. The summed E-state index contributed by atoms with van der Waals surface area (Å²) in [6.45, 7) is 0.683. The van der Waals surface area contributed by atoms with Crippen LogP contribution in [0.3, 0.4) is 0 Å². The van der Waals surface area contributed by atoms with Crippen LogP contribution >= 0.6 is 0 Å². The molecule has 0 saturated heterocycles. The number of hydrogen-bond acceptors (Lipinski definition) is 4. The number of carbonyl (C=O) groups is 1. The summed E-state index contributed by atoms with van der Waals surface area (Å²) in [6.07, 6.45) is 5.94. The van der Waals surface area contributed by atoms with Gasteiger partial charge in [-0.25, -0.2) is 0 Å². The molecule has 23 heavy (non-hydrogen) atoms. The van der Waals surface area contributed by atoms with Crippen LogP contribution in [0.1, 0.15) is 24.8 Å². The zero-order valence-corrected chi connectivity index (χ0v) is 13.2. The molecule has 0 radical (unpaired) electrons. The van der Waals surface area contributed by atoms with Crippen molar-refractivity contribution < 1.29 is 19.7 Å². The van der Waals surface area contributed by atoms with Gasteiger partial charge in [0, 0.05) is 25.5 Å². The van der Waals surface area contributed by atoms with E-state index < -0.39 is 0 Å². The average Bonchev–Trinajstić information content (AvgIpc) is 2.56. The van der Waals surface area contributed by atoms with E-state index in [1.54, 1.807) is 24.1 Å². The van der Waals surface area contributed by atoms with E-state index in [1.807, 2.05) is 0 Å². The van der Waals surface area contributed by atoms with Crippen LogP contribution < -0.4 is 0 Å². The minimum atomic E-state index is -0.0543. The van der Waals surface area contributed by atoms with Crippen molar-refractivity contribution in [3.63, 3.8) is 0 Å². The van der Waals surface area contributed by atoms with E-state index in [2.05, 4.69) is 6.08 Å². The van der Waals surface area contributed by atoms with Crippen molar-refractivity contribution in [2.45, 2.75) is 31.7 Å². The number of rotatable bonds is 4. The van der Waals surface area contributed by atoms with Gasteiger partial charge in [-0.3, -0.25) is 4.79 Å². The van der Waals surface area contributed by atoms with E-state index in [9.17, 15) is 15.0 Å². The minimum absolute atomic E-state index is 0.0346. The first-order valence-corrected chi connectivity index (χ1v) is 7.78. The highest BCUT2D eigenvalue weighted by atomic mass is 16.5. The van der Waals surface area contributed by atoms with Gasteiger partial charge in [-0.2, -0.15) is 0 Å². The third kappa shape index (κ3) is 3.04. The minimum Gasteiger partial charge on any atom is -0.508 e. The maximum absolute atomic E-state index is 11.5. The maximum Gasteiger partial charge on any atom is 0.210 e. The molecule has 0 spiro atoms. The van der Waals surface area contributed by atoms with Gasteiger partial charge in [-0.1, -0.05) is 11.6 Å². The fourth-order valence-corrected chi connectivity index (χ4v) is 3.46. The summed E-state index contributed by atoms with van der Waals surface area (Å²) in [4.78, 5) is 13.3. The van der Waals surface area contributed by atoms with Crippen LogP contribution in [0.5, 0.6) is 11.5 Å². The Hall–Kier alpha value is -2.43. The highest BCUT2D eigenvalue weighted by Crippen LogP contribution is 2.36. The maximum atomic E-state index is 11.5. The SMILES string of the molecule is COC1=CCC2=C(CCN(C=O)C2Cc2ccc(O)cc2O)C1. The molecule has 2 N–H and O–H groups in total. The number of benzene rings is 1. The summed E-state index contributed by atoms with van der Waals surface area (Å²) >= 11 is 0. The first-order valence-electron chi connectivity index (χ1n) is 7.78. The average molecular weight is 315 g/mol. The molecule has 1 heterocycles. The zero-order chi connectivity index (χ0) is 16.4. The monoisotopic (exact) mass is 315 g/mol. The summed E-state index contributed by atoms with van der Waals surface area (Å²) in [7, 11) is 1.68. The van der Waals surface area contributed by atoms with Gasteiger partial charge in [-0.15, -0.1) is 0 Å². The second kappa shape index (κ2) is 6.36. The van der Waals surface area contributed by atoms with Crippen LogP contribution in [0, 0.1) is 0 Å². The number of nitrogens with zero attached hydrogens (tertiary/aromatic N) is 1. The molecule has 1 aliphatic heterocycles. The Morgan fingerprint density at radius 3 is 2.91 bits per heavy atom. The molecule has 3 rings (SSSR count). The van der Waals surface area contributed by atoms with Crippen LogP contribution in [0.25, 0.3) is 0 Å². The van der Waals surface area contributed by atoms with Crippen molar-refractivity contribution in [1.82, 2.24) is 4.90 Å². The van der Waals surface area contributed by atoms with Gasteiger partial charge in [0.15, 0.2) is 0 Å². The smallest absolute Gasteiger partial charge is 0.210 e. The number of amides is 1. The molecule has 122 valence electrons. The number of ether oxygens (including phenoxy) is 1. The van der Waals surface area contributed by atoms with Crippen LogP contribution in [0.2, 0.25) is 0 Å². The van der Waals surface area contributed by atoms with E-state index in [1.165, 1.54) is 17.2 Å². The van der Waals surface area contributed by atoms with Crippen molar-refractivity contribution in [2.24, 2.45) is 0 Å². The molecule has 1 amide bonds. The molecule has 5 nitrogen and oxygen atoms in total. The summed E-state index contributed by atoms with van der Waals surface area (Å²) in [6, 6.07) is 4.55. The van der Waals surface area contributed by atoms with Crippen molar-refractivity contribution in [3.8, 4) is 11.5 Å². The Morgan fingerprint density at radius 1 is 1.39 bits per heavy atom. The number of allylic oxidation sites excluding steroid dienone is 2. The predicted octanol–water partition coefficient (Wildman–Crippen LogP) is 2.49. The predicted molar refractivity (Wildman–Crippen MR) is 86.0 cm³/mol. The molecule has 0 bridgehead atoms. The van der Waals surface area contributed by atoms with Crippen molar-refractivity contribution >= 4 is 6.41 Å². The van der Waals surface area contributed by atoms with Crippen molar-refractivity contribution in [1.29, 1.82) is 0 Å². The fraction of sp³-hybridized carbons (Fsp3) is 0.389. The largest absolute Gasteiger partial charge is 0.508 e. The lowest BCUT2D eigenvalue weighted by atomic mass is 9.82. The zero-order valence-electron chi connectivity index (χ0n) is 13.2. The number of hydrogen-bond donors (Lipinski definition) is 2. The number of phenolic OH excluding ortho intramolecular Hbond substituents is 2. The van der Waals surface area contributed by atoms with E-state index in [4.69, 9.17) is 4.74 Å². The van der Waals surface area contributed by atoms with Gasteiger partial charge in [-0.05, 0) is 36.1 Å². The van der Waals surface area contributed by atoms with E-state index in [0.29, 0.717) is 13.0 Å². The molecule has 1 aromatic rings. The van der Waals surface area contributed by atoms with Gasteiger partial charge >= 0.3 is 0 Å². The molecule has 1 unspecified atom stereocenters. The van der Waals surface area contributed by atoms with Gasteiger partial charge in [0.05, 0.1) is 18.9 Å². The first-order chi connectivity index (χ1) is 11.1. The van der Waals surface area contributed by atoms with E-state index in [-0.39, 0.29) is 17.5 Å². The quantitative estimate of drug-likeness (QED) is 0.661. The van der Waals surface area contributed by atoms with Gasteiger partial charge < -0.3 is 19.8 Å². The lowest BCUT2D eigenvalue weighted by Gasteiger charge is -2.38. The van der Waals surface area contributed by atoms with Gasteiger partial charge in [0.2, 0.25) is 6.41 Å². The molecule has 0 saturated carbocycles. The lowest BCUT2D eigenvalue weighted by Crippen LogP contribution is -2.42.